The molecule has 2 atom stereocenters. The van der Waals surface area contributed by atoms with Gasteiger partial charge in [-0.15, -0.1) is 0 Å². The molecule has 1 fully saturated rings. The van der Waals surface area contributed by atoms with Crippen molar-refractivity contribution in [2.24, 2.45) is 5.92 Å². The molecule has 1 aromatic rings. The van der Waals surface area contributed by atoms with Crippen molar-refractivity contribution in [3.63, 3.8) is 0 Å². The smallest absolute Gasteiger partial charge is 0.328 e. The molecule has 1 saturated heterocycles. The van der Waals surface area contributed by atoms with E-state index in [2.05, 4.69) is 40.7 Å². The number of carbonyl (C=O) groups is 1. The van der Waals surface area contributed by atoms with Crippen LogP contribution in [0.25, 0.3) is 6.08 Å². The maximum absolute atomic E-state index is 10.5. The highest BCUT2D eigenvalue weighted by atomic mass is 79.9. The first-order valence-electron chi connectivity index (χ1n) is 6.44. The average Bonchev–Trinajstić information content (AvgIpc) is 2.66. The third-order valence-corrected chi connectivity index (χ3v) is 4.12. The highest BCUT2D eigenvalue weighted by molar-refractivity contribution is 9.10. The van der Waals surface area contributed by atoms with Gasteiger partial charge in [-0.25, -0.2) is 4.79 Å². The van der Waals surface area contributed by atoms with Crippen LogP contribution in [0.3, 0.4) is 0 Å². The summed E-state index contributed by atoms with van der Waals surface area (Å²) in [7, 11) is 0. The van der Waals surface area contributed by atoms with Crippen LogP contribution < -0.4 is 4.90 Å². The normalized spacial score (nSPS) is 23.2. The Bertz CT molecular complexity index is 513. The summed E-state index contributed by atoms with van der Waals surface area (Å²) in [6, 6.07) is 6.52. The fourth-order valence-corrected chi connectivity index (χ4v) is 3.29. The summed E-state index contributed by atoms with van der Waals surface area (Å²) in [6.45, 7) is 5.59. The summed E-state index contributed by atoms with van der Waals surface area (Å²) in [4.78, 5) is 12.9. The minimum atomic E-state index is -0.929. The molecule has 19 heavy (non-hydrogen) atoms. The predicted octanol–water partition coefficient (Wildman–Crippen LogP) is 3.78. The van der Waals surface area contributed by atoms with Gasteiger partial charge in [0.05, 0.1) is 5.69 Å². The summed E-state index contributed by atoms with van der Waals surface area (Å²) in [6.07, 6.45) is 3.97. The highest BCUT2D eigenvalue weighted by Gasteiger charge is 2.27. The number of carboxylic acids is 1. The van der Waals surface area contributed by atoms with Gasteiger partial charge in [-0.3, -0.25) is 0 Å². The Labute approximate surface area is 122 Å². The van der Waals surface area contributed by atoms with Crippen molar-refractivity contribution >= 4 is 33.7 Å². The molecule has 2 unspecified atom stereocenters. The Morgan fingerprint density at radius 1 is 1.47 bits per heavy atom. The lowest BCUT2D eigenvalue weighted by Gasteiger charge is -2.25. The fraction of sp³-hybridized carbons (Fsp3) is 0.400. The first-order chi connectivity index (χ1) is 8.97. The maximum atomic E-state index is 10.5. The molecule has 0 radical (unpaired) electrons. The fourth-order valence-electron chi connectivity index (χ4n) is 2.66. The van der Waals surface area contributed by atoms with E-state index in [4.69, 9.17) is 5.11 Å². The summed E-state index contributed by atoms with van der Waals surface area (Å²) in [5.41, 5.74) is 2.07. The van der Waals surface area contributed by atoms with Crippen LogP contribution in [-0.4, -0.2) is 23.7 Å². The molecule has 1 heterocycles. The number of halogens is 1. The molecule has 102 valence electrons. The Hall–Kier alpha value is -1.29. The molecule has 1 N–H and O–H groups in total. The van der Waals surface area contributed by atoms with Crippen LogP contribution in [0.4, 0.5) is 5.69 Å². The van der Waals surface area contributed by atoms with E-state index in [1.165, 1.54) is 12.1 Å². The molecule has 0 amide bonds. The SMILES string of the molecule is CC1CC(C)N(c2ccc(/C=C/C(=O)O)cc2Br)C1. The van der Waals surface area contributed by atoms with E-state index in [-0.39, 0.29) is 0 Å². The van der Waals surface area contributed by atoms with Crippen LogP contribution in [0.1, 0.15) is 25.8 Å². The van der Waals surface area contributed by atoms with Gasteiger partial charge in [0.1, 0.15) is 0 Å². The quantitative estimate of drug-likeness (QED) is 0.860. The predicted molar refractivity (Wildman–Crippen MR) is 81.4 cm³/mol. The molecular weight excluding hydrogens is 306 g/mol. The van der Waals surface area contributed by atoms with Crippen LogP contribution in [-0.2, 0) is 4.79 Å². The van der Waals surface area contributed by atoms with Crippen molar-refractivity contribution in [1.82, 2.24) is 0 Å². The maximum Gasteiger partial charge on any atom is 0.328 e. The number of anilines is 1. The van der Waals surface area contributed by atoms with Crippen LogP contribution in [0, 0.1) is 5.92 Å². The Balaban J connectivity index is 2.22. The molecule has 2 rings (SSSR count). The van der Waals surface area contributed by atoms with E-state index < -0.39 is 5.97 Å². The molecule has 0 aromatic heterocycles. The third-order valence-electron chi connectivity index (χ3n) is 3.48. The zero-order valence-electron chi connectivity index (χ0n) is 11.1. The Kier molecular flexibility index (Phi) is 4.30. The van der Waals surface area contributed by atoms with E-state index in [0.717, 1.165) is 22.7 Å². The zero-order valence-corrected chi connectivity index (χ0v) is 12.7. The number of hydrogen-bond acceptors (Lipinski definition) is 2. The van der Waals surface area contributed by atoms with Gasteiger partial charge in [-0.2, -0.15) is 0 Å². The Morgan fingerprint density at radius 2 is 2.21 bits per heavy atom. The molecule has 0 aliphatic carbocycles. The number of carboxylic acid groups (broad SMARTS) is 1. The van der Waals surface area contributed by atoms with E-state index in [0.29, 0.717) is 12.0 Å². The summed E-state index contributed by atoms with van der Waals surface area (Å²) >= 11 is 3.59. The molecule has 0 spiro atoms. The minimum absolute atomic E-state index is 0.548. The topological polar surface area (TPSA) is 40.5 Å². The first-order valence-corrected chi connectivity index (χ1v) is 7.24. The van der Waals surface area contributed by atoms with Crippen molar-refractivity contribution in [3.8, 4) is 0 Å². The van der Waals surface area contributed by atoms with Gasteiger partial charge in [0.2, 0.25) is 0 Å². The second-order valence-electron chi connectivity index (χ2n) is 5.22. The summed E-state index contributed by atoms with van der Waals surface area (Å²) in [5.74, 6) is -0.212. The molecular formula is C15H18BrNO2. The van der Waals surface area contributed by atoms with Crippen LogP contribution in [0.5, 0.6) is 0 Å². The van der Waals surface area contributed by atoms with Crippen LogP contribution in [0.2, 0.25) is 0 Å². The summed E-state index contributed by atoms with van der Waals surface area (Å²) < 4.78 is 1.01. The highest BCUT2D eigenvalue weighted by Crippen LogP contribution is 2.34. The van der Waals surface area contributed by atoms with Crippen molar-refractivity contribution < 1.29 is 9.90 Å². The van der Waals surface area contributed by atoms with Crippen LogP contribution >= 0.6 is 15.9 Å². The summed E-state index contributed by atoms with van der Waals surface area (Å²) in [5, 5.41) is 8.63. The lowest BCUT2D eigenvalue weighted by Crippen LogP contribution is -2.26. The number of benzene rings is 1. The molecule has 1 aliphatic heterocycles. The van der Waals surface area contributed by atoms with E-state index in [9.17, 15) is 4.79 Å². The Morgan fingerprint density at radius 3 is 2.74 bits per heavy atom. The second kappa shape index (κ2) is 5.78. The number of hydrogen-bond donors (Lipinski definition) is 1. The standard InChI is InChI=1S/C15H18BrNO2/c1-10-7-11(2)17(9-10)14-5-3-12(8-13(14)16)4-6-15(18)19/h3-6,8,10-11H,7,9H2,1-2H3,(H,18,19)/b6-4+. The van der Waals surface area contributed by atoms with Gasteiger partial charge in [-0.05, 0) is 59.0 Å². The average molecular weight is 324 g/mol. The number of aliphatic carboxylic acids is 1. The first kappa shape index (κ1) is 14.1. The second-order valence-corrected chi connectivity index (χ2v) is 6.08. The monoisotopic (exact) mass is 323 g/mol. The molecule has 0 saturated carbocycles. The van der Waals surface area contributed by atoms with E-state index in [1.807, 2.05) is 12.1 Å². The molecule has 1 aliphatic rings. The van der Waals surface area contributed by atoms with Gasteiger partial charge in [0, 0.05) is 23.1 Å². The largest absolute Gasteiger partial charge is 0.478 e. The molecule has 3 nitrogen and oxygen atoms in total. The molecule has 4 heteroatoms. The van der Waals surface area contributed by atoms with Crippen LogP contribution in [0.15, 0.2) is 28.7 Å². The zero-order chi connectivity index (χ0) is 14.0. The van der Waals surface area contributed by atoms with Crippen molar-refractivity contribution in [2.45, 2.75) is 26.3 Å². The third kappa shape index (κ3) is 3.38. The van der Waals surface area contributed by atoms with Gasteiger partial charge >= 0.3 is 5.97 Å². The molecule has 0 bridgehead atoms. The van der Waals surface area contributed by atoms with E-state index in [1.54, 1.807) is 6.08 Å². The van der Waals surface area contributed by atoms with Crippen molar-refractivity contribution in [2.75, 3.05) is 11.4 Å². The molecule has 1 aromatic carbocycles. The number of rotatable bonds is 3. The van der Waals surface area contributed by atoms with Gasteiger partial charge in [0.25, 0.3) is 0 Å². The van der Waals surface area contributed by atoms with Gasteiger partial charge in [0.15, 0.2) is 0 Å². The van der Waals surface area contributed by atoms with Crippen molar-refractivity contribution in [1.29, 1.82) is 0 Å². The number of nitrogens with zero attached hydrogens (tertiary/aromatic N) is 1. The lowest BCUT2D eigenvalue weighted by atomic mass is 10.1. The minimum Gasteiger partial charge on any atom is -0.478 e. The van der Waals surface area contributed by atoms with Gasteiger partial charge < -0.3 is 10.0 Å². The van der Waals surface area contributed by atoms with Crippen molar-refractivity contribution in [3.05, 3.63) is 34.3 Å². The van der Waals surface area contributed by atoms with E-state index >= 15 is 0 Å². The lowest BCUT2D eigenvalue weighted by molar-refractivity contribution is -0.131. The van der Waals surface area contributed by atoms with Gasteiger partial charge in [-0.1, -0.05) is 13.0 Å².